The predicted molar refractivity (Wildman–Crippen MR) is 98.2 cm³/mol. The lowest BCUT2D eigenvalue weighted by molar-refractivity contribution is -0.192. The van der Waals surface area contributed by atoms with Gasteiger partial charge in [-0.15, -0.1) is 11.3 Å². The summed E-state index contributed by atoms with van der Waals surface area (Å²) in [5.74, 6) is -1.33. The van der Waals surface area contributed by atoms with Crippen molar-refractivity contribution in [1.82, 2.24) is 15.2 Å². The van der Waals surface area contributed by atoms with Crippen LogP contribution in [-0.2, 0) is 20.9 Å². The van der Waals surface area contributed by atoms with Crippen molar-refractivity contribution in [3.8, 4) is 0 Å². The second-order valence-electron chi connectivity index (χ2n) is 7.58. The van der Waals surface area contributed by atoms with Crippen LogP contribution >= 0.6 is 11.3 Å². The third kappa shape index (κ3) is 6.38. The molecule has 1 amide bonds. The second-order valence-corrected chi connectivity index (χ2v) is 8.56. The Labute approximate surface area is 170 Å². The van der Waals surface area contributed by atoms with Gasteiger partial charge in [0.25, 0.3) is 0 Å². The number of amides is 1. The number of ether oxygens (including phenoxy) is 1. The number of carboxylic acid groups (broad SMARTS) is 1. The Morgan fingerprint density at radius 3 is 2.62 bits per heavy atom. The Kier molecular flexibility index (Phi) is 7.12. The fraction of sp³-hybridized carbons (Fsp3) is 0.722. The molecule has 1 aliphatic carbocycles. The van der Waals surface area contributed by atoms with Crippen LogP contribution in [0.1, 0.15) is 24.3 Å². The number of alkyl halides is 3. The normalized spacial score (nSPS) is 26.9. The summed E-state index contributed by atoms with van der Waals surface area (Å²) in [5.41, 5.74) is 0. The fourth-order valence-corrected chi connectivity index (χ4v) is 4.34. The van der Waals surface area contributed by atoms with E-state index in [9.17, 15) is 18.0 Å². The Balaban J connectivity index is 0.000000298. The number of carboxylic acids is 1. The summed E-state index contributed by atoms with van der Waals surface area (Å²) in [7, 11) is 0. The third-order valence-electron chi connectivity index (χ3n) is 5.35. The number of carbonyl (C=O) groups excluding carboxylic acids is 1. The molecule has 11 heteroatoms. The number of nitrogens with zero attached hydrogens (tertiary/aromatic N) is 2. The maximum absolute atomic E-state index is 12.6. The van der Waals surface area contributed by atoms with Gasteiger partial charge in [-0.05, 0) is 25.2 Å². The minimum Gasteiger partial charge on any atom is -0.475 e. The molecule has 3 fully saturated rings. The van der Waals surface area contributed by atoms with Crippen molar-refractivity contribution in [2.45, 2.75) is 38.1 Å². The Hall–Kier alpha value is -1.72. The van der Waals surface area contributed by atoms with Gasteiger partial charge in [0, 0.05) is 43.7 Å². The summed E-state index contributed by atoms with van der Waals surface area (Å²) >= 11 is 1.68. The zero-order valence-corrected chi connectivity index (χ0v) is 16.5. The van der Waals surface area contributed by atoms with Crippen LogP contribution in [0.15, 0.2) is 11.6 Å². The lowest BCUT2D eigenvalue weighted by Crippen LogP contribution is -2.52. The highest BCUT2D eigenvalue weighted by molar-refractivity contribution is 7.09. The van der Waals surface area contributed by atoms with Gasteiger partial charge >= 0.3 is 12.1 Å². The number of halogens is 3. The summed E-state index contributed by atoms with van der Waals surface area (Å²) in [6.45, 7) is 4.25. The van der Waals surface area contributed by atoms with Crippen LogP contribution in [0.5, 0.6) is 0 Å². The lowest BCUT2D eigenvalue weighted by Gasteiger charge is -2.39. The quantitative estimate of drug-likeness (QED) is 0.737. The molecule has 7 nitrogen and oxygen atoms in total. The highest BCUT2D eigenvalue weighted by atomic mass is 32.1. The molecule has 3 aliphatic rings. The fourth-order valence-electron chi connectivity index (χ4n) is 3.68. The monoisotopic (exact) mass is 435 g/mol. The van der Waals surface area contributed by atoms with Crippen molar-refractivity contribution in [2.24, 2.45) is 17.8 Å². The summed E-state index contributed by atoms with van der Waals surface area (Å²) in [4.78, 5) is 28.2. The van der Waals surface area contributed by atoms with Crippen LogP contribution in [0, 0.1) is 17.8 Å². The smallest absolute Gasteiger partial charge is 0.475 e. The first-order valence-electron chi connectivity index (χ1n) is 9.54. The predicted octanol–water partition coefficient (Wildman–Crippen LogP) is 2.14. The molecule has 1 aromatic rings. The van der Waals surface area contributed by atoms with Crippen LogP contribution < -0.4 is 5.32 Å². The number of aliphatic carboxylic acids is 1. The number of hydrogen-bond acceptors (Lipinski definition) is 6. The number of thiazole rings is 1. The summed E-state index contributed by atoms with van der Waals surface area (Å²) in [6.07, 6.45) is 0.549. The number of nitrogens with one attached hydrogen (secondary N) is 1. The second kappa shape index (κ2) is 9.40. The van der Waals surface area contributed by atoms with Crippen LogP contribution in [0.2, 0.25) is 0 Å². The number of hydrogen-bond donors (Lipinski definition) is 2. The maximum Gasteiger partial charge on any atom is 0.490 e. The van der Waals surface area contributed by atoms with Gasteiger partial charge in [-0.1, -0.05) is 0 Å². The molecule has 2 saturated heterocycles. The van der Waals surface area contributed by atoms with E-state index >= 15 is 0 Å². The molecule has 0 radical (unpaired) electrons. The maximum atomic E-state index is 12.6. The van der Waals surface area contributed by atoms with Crippen molar-refractivity contribution in [3.05, 3.63) is 16.6 Å². The molecule has 2 aliphatic heterocycles. The van der Waals surface area contributed by atoms with Crippen LogP contribution in [0.25, 0.3) is 0 Å². The van der Waals surface area contributed by atoms with E-state index in [1.54, 1.807) is 11.3 Å². The summed E-state index contributed by atoms with van der Waals surface area (Å²) in [6, 6.07) is 0. The van der Waals surface area contributed by atoms with Crippen molar-refractivity contribution in [1.29, 1.82) is 0 Å². The number of piperidine rings is 1. The number of rotatable bonds is 5. The van der Waals surface area contributed by atoms with E-state index in [1.807, 2.05) is 11.6 Å². The molecule has 1 aromatic heterocycles. The van der Waals surface area contributed by atoms with E-state index in [4.69, 9.17) is 14.6 Å². The highest BCUT2D eigenvalue weighted by Gasteiger charge is 2.44. The van der Waals surface area contributed by atoms with E-state index < -0.39 is 12.1 Å². The van der Waals surface area contributed by atoms with Gasteiger partial charge in [0.2, 0.25) is 5.91 Å². The molecule has 0 spiro atoms. The SMILES string of the molecule is O=C(NCC1CC1)[C@H]1CN(Cc2nccs2)C[C@H]2OCC[C@@H]12.O=C(O)C(F)(F)F. The minimum atomic E-state index is -5.08. The first kappa shape index (κ1) is 22.0. The molecule has 3 heterocycles. The average molecular weight is 435 g/mol. The van der Waals surface area contributed by atoms with Gasteiger partial charge in [0.15, 0.2) is 0 Å². The molecule has 0 aromatic carbocycles. The lowest BCUT2D eigenvalue weighted by atomic mass is 9.82. The molecule has 1 saturated carbocycles. The van der Waals surface area contributed by atoms with Crippen molar-refractivity contribution >= 4 is 23.2 Å². The van der Waals surface area contributed by atoms with E-state index in [0.29, 0.717) is 5.92 Å². The molecule has 29 heavy (non-hydrogen) atoms. The average Bonchev–Trinajstić information content (AvgIpc) is 3.12. The minimum absolute atomic E-state index is 0.0694. The van der Waals surface area contributed by atoms with Crippen molar-refractivity contribution < 1.29 is 32.6 Å². The molecule has 0 bridgehead atoms. The topological polar surface area (TPSA) is 91.8 Å². The van der Waals surface area contributed by atoms with Gasteiger partial charge < -0.3 is 15.2 Å². The zero-order valence-electron chi connectivity index (χ0n) is 15.7. The van der Waals surface area contributed by atoms with Gasteiger partial charge in [-0.3, -0.25) is 9.69 Å². The van der Waals surface area contributed by atoms with E-state index in [2.05, 4.69) is 15.2 Å². The summed E-state index contributed by atoms with van der Waals surface area (Å²) < 4.78 is 37.6. The van der Waals surface area contributed by atoms with Crippen LogP contribution in [0.3, 0.4) is 0 Å². The number of fused-ring (bicyclic) bond motifs is 1. The third-order valence-corrected chi connectivity index (χ3v) is 6.12. The first-order valence-corrected chi connectivity index (χ1v) is 10.4. The van der Waals surface area contributed by atoms with Crippen molar-refractivity contribution in [3.63, 3.8) is 0 Å². The molecule has 2 N–H and O–H groups in total. The molecule has 0 unspecified atom stereocenters. The number of carbonyl (C=O) groups is 2. The van der Waals surface area contributed by atoms with Gasteiger partial charge in [-0.2, -0.15) is 13.2 Å². The van der Waals surface area contributed by atoms with Crippen molar-refractivity contribution in [2.75, 3.05) is 26.2 Å². The Morgan fingerprint density at radius 2 is 2.03 bits per heavy atom. The summed E-state index contributed by atoms with van der Waals surface area (Å²) in [5, 5.41) is 13.4. The molecule has 162 valence electrons. The zero-order chi connectivity index (χ0) is 21.0. The van der Waals surface area contributed by atoms with Gasteiger partial charge in [0.1, 0.15) is 5.01 Å². The molecular weight excluding hydrogens is 411 g/mol. The van der Waals surface area contributed by atoms with E-state index in [-0.39, 0.29) is 17.9 Å². The number of likely N-dealkylation sites (tertiary alicyclic amines) is 1. The van der Waals surface area contributed by atoms with Crippen LogP contribution in [-0.4, -0.2) is 65.4 Å². The molecule has 3 atom stereocenters. The Morgan fingerprint density at radius 1 is 1.31 bits per heavy atom. The van der Waals surface area contributed by atoms with Gasteiger partial charge in [0.05, 0.1) is 18.6 Å². The first-order chi connectivity index (χ1) is 13.7. The molecule has 4 rings (SSSR count). The Bertz CT molecular complexity index is 697. The largest absolute Gasteiger partial charge is 0.490 e. The molecular formula is C18H24F3N3O4S. The van der Waals surface area contributed by atoms with E-state index in [0.717, 1.165) is 50.1 Å². The standard InChI is InChI=1S/C16H23N3O2S.C2HF3O2/c20-16(18-7-11-1-2-11)13-8-19(10-15-17-4-6-22-15)9-14-12(13)3-5-21-14;3-2(4,5)1(6)7/h4,6,11-14H,1-3,5,7-10H2,(H,18,20);(H,6,7)/t12-,13-,14+;/m0./s1. The van der Waals surface area contributed by atoms with Gasteiger partial charge in [-0.25, -0.2) is 9.78 Å². The number of aromatic nitrogens is 1. The van der Waals surface area contributed by atoms with Crippen LogP contribution in [0.4, 0.5) is 13.2 Å². The van der Waals surface area contributed by atoms with E-state index in [1.165, 1.54) is 12.8 Å². The highest BCUT2D eigenvalue weighted by Crippen LogP contribution is 2.35.